The molecule has 9 heavy (non-hydrogen) atoms. The number of hydrogen-bond donors (Lipinski definition) is 1. The Labute approximate surface area is 73.1 Å². The SMILES string of the molecule is CCC(=O)O.[Na][CH]1CC1. The Kier molecular flexibility index (Phi) is 5.55. The van der Waals surface area contributed by atoms with E-state index in [0.717, 1.165) is 0 Å². The number of hydrogen-bond acceptors (Lipinski definition) is 1. The number of aliphatic carboxylic acids is 1. The van der Waals surface area contributed by atoms with Gasteiger partial charge in [0, 0.05) is 6.42 Å². The second-order valence-electron chi connectivity index (χ2n) is 2.43. The van der Waals surface area contributed by atoms with Crippen LogP contribution in [0.25, 0.3) is 0 Å². The van der Waals surface area contributed by atoms with Crippen molar-refractivity contribution in [1.29, 1.82) is 0 Å². The summed E-state index contributed by atoms with van der Waals surface area (Å²) in [5.74, 6) is -0.745. The van der Waals surface area contributed by atoms with Crippen LogP contribution in [-0.2, 0) is 4.79 Å². The molecule has 0 aromatic rings. The van der Waals surface area contributed by atoms with Crippen LogP contribution in [0.2, 0.25) is 3.17 Å². The molecule has 1 rings (SSSR count). The van der Waals surface area contributed by atoms with Gasteiger partial charge in [-0.15, -0.1) is 0 Å². The van der Waals surface area contributed by atoms with Crippen LogP contribution in [0, 0.1) is 0 Å². The summed E-state index contributed by atoms with van der Waals surface area (Å²) in [5, 5.41) is 7.72. The number of carboxylic acids is 1. The van der Waals surface area contributed by atoms with Crippen molar-refractivity contribution in [2.75, 3.05) is 0 Å². The molecule has 1 saturated carbocycles. The first-order valence-corrected chi connectivity index (χ1v) is 4.54. The Balaban J connectivity index is 0.000000144. The van der Waals surface area contributed by atoms with E-state index < -0.39 is 5.97 Å². The summed E-state index contributed by atoms with van der Waals surface area (Å²) in [7, 11) is 0. The van der Waals surface area contributed by atoms with Gasteiger partial charge >= 0.3 is 49.9 Å². The first-order chi connectivity index (χ1) is 4.16. The van der Waals surface area contributed by atoms with Crippen LogP contribution in [0.1, 0.15) is 26.2 Å². The Morgan fingerprint density at radius 3 is 2.00 bits per heavy atom. The monoisotopic (exact) mass is 138 g/mol. The molecular formula is C6H11NaO2. The molecule has 0 amide bonds. The van der Waals surface area contributed by atoms with Crippen LogP contribution in [0.3, 0.4) is 0 Å². The molecule has 48 valence electrons. The molecule has 0 aliphatic heterocycles. The zero-order chi connectivity index (χ0) is 7.28. The fraction of sp³-hybridized carbons (Fsp3) is 0.833. The molecule has 2 nitrogen and oxygen atoms in total. The first kappa shape index (κ1) is 9.47. The molecule has 1 fully saturated rings. The predicted molar refractivity (Wildman–Crippen MR) is 36.7 cm³/mol. The molecule has 0 aromatic carbocycles. The summed E-state index contributed by atoms with van der Waals surface area (Å²) in [4.78, 5) is 9.37. The molecule has 1 aliphatic carbocycles. The second kappa shape index (κ2) is 5.27. The van der Waals surface area contributed by atoms with E-state index in [2.05, 4.69) is 0 Å². The maximum absolute atomic E-state index is 9.37. The van der Waals surface area contributed by atoms with E-state index >= 15 is 0 Å². The van der Waals surface area contributed by atoms with Gasteiger partial charge in [-0.3, -0.25) is 4.79 Å². The molecule has 0 bridgehead atoms. The summed E-state index contributed by atoms with van der Waals surface area (Å²) >= 11 is 1.46. The van der Waals surface area contributed by atoms with Gasteiger partial charge in [-0.25, -0.2) is 0 Å². The molecular weight excluding hydrogens is 127 g/mol. The Morgan fingerprint density at radius 2 is 2.00 bits per heavy atom. The van der Waals surface area contributed by atoms with E-state index in [-0.39, 0.29) is 6.42 Å². The summed E-state index contributed by atoms with van der Waals surface area (Å²) < 4.78 is 1.22. The molecule has 0 aromatic heterocycles. The summed E-state index contributed by atoms with van der Waals surface area (Å²) in [6.45, 7) is 1.60. The minimum atomic E-state index is -0.745. The van der Waals surface area contributed by atoms with Crippen LogP contribution in [0.5, 0.6) is 0 Å². The minimum absolute atomic E-state index is 0.222. The molecule has 0 spiro atoms. The predicted octanol–water partition coefficient (Wildman–Crippen LogP) is 1.22. The van der Waals surface area contributed by atoms with Crippen LogP contribution < -0.4 is 0 Å². The zero-order valence-electron chi connectivity index (χ0n) is 6.05. The van der Waals surface area contributed by atoms with Crippen molar-refractivity contribution < 1.29 is 9.90 Å². The number of carbonyl (C=O) groups is 1. The van der Waals surface area contributed by atoms with Crippen molar-refractivity contribution in [2.24, 2.45) is 0 Å². The molecule has 0 unspecified atom stereocenters. The average Bonchev–Trinajstić information content (AvgIpc) is 2.53. The third kappa shape index (κ3) is 11.8. The molecule has 0 saturated heterocycles. The third-order valence-electron chi connectivity index (χ3n) is 1.17. The van der Waals surface area contributed by atoms with E-state index in [4.69, 9.17) is 5.11 Å². The number of rotatable bonds is 1. The second-order valence-corrected chi connectivity index (χ2v) is 4.06. The van der Waals surface area contributed by atoms with Crippen LogP contribution in [0.4, 0.5) is 0 Å². The molecule has 0 atom stereocenters. The Morgan fingerprint density at radius 1 is 1.78 bits per heavy atom. The molecule has 1 aliphatic rings. The van der Waals surface area contributed by atoms with E-state index in [1.54, 1.807) is 19.8 Å². The van der Waals surface area contributed by atoms with Crippen molar-refractivity contribution in [1.82, 2.24) is 0 Å². The van der Waals surface area contributed by atoms with Gasteiger partial charge in [-0.1, -0.05) is 6.92 Å². The van der Waals surface area contributed by atoms with Gasteiger partial charge in [0.2, 0.25) is 0 Å². The topological polar surface area (TPSA) is 37.3 Å². The van der Waals surface area contributed by atoms with Gasteiger partial charge < -0.3 is 5.11 Å². The normalized spacial score (nSPS) is 15.9. The first-order valence-electron chi connectivity index (χ1n) is 3.38. The van der Waals surface area contributed by atoms with Gasteiger partial charge in [0.1, 0.15) is 0 Å². The summed E-state index contributed by atoms with van der Waals surface area (Å²) in [6.07, 6.45) is 3.32. The number of carboxylic acid groups (broad SMARTS) is 1. The Bertz CT molecular complexity index is 89.1. The van der Waals surface area contributed by atoms with Crippen molar-refractivity contribution >= 4 is 33.9 Å². The summed E-state index contributed by atoms with van der Waals surface area (Å²) in [5.41, 5.74) is 0. The van der Waals surface area contributed by atoms with Gasteiger partial charge in [0.25, 0.3) is 0 Å². The standard InChI is InChI=1S/C3H6O2.C3H5.Na/c1-2-3(4)5;1-2-3-1;/h2H2,1H3,(H,4,5);1H,2-3H2;. The molecule has 3 heteroatoms. The van der Waals surface area contributed by atoms with Gasteiger partial charge in [0.15, 0.2) is 0 Å². The fourth-order valence-electron chi connectivity index (χ4n) is 0.167. The fourth-order valence-corrected chi connectivity index (χ4v) is 0.500. The van der Waals surface area contributed by atoms with Crippen molar-refractivity contribution in [2.45, 2.75) is 29.4 Å². The zero-order valence-corrected chi connectivity index (χ0v) is 8.05. The molecule has 0 heterocycles. The van der Waals surface area contributed by atoms with E-state index in [1.165, 1.54) is 31.1 Å². The quantitative estimate of drug-likeness (QED) is 0.553. The van der Waals surface area contributed by atoms with Crippen LogP contribution in [0.15, 0.2) is 0 Å². The van der Waals surface area contributed by atoms with Crippen LogP contribution >= 0.6 is 0 Å². The molecule has 0 radical (unpaired) electrons. The van der Waals surface area contributed by atoms with Crippen LogP contribution in [-0.4, -0.2) is 39.0 Å². The third-order valence-corrected chi connectivity index (χ3v) is 2.32. The van der Waals surface area contributed by atoms with Gasteiger partial charge in [-0.2, -0.15) is 0 Å². The maximum atomic E-state index is 9.37. The van der Waals surface area contributed by atoms with Gasteiger partial charge in [-0.05, 0) is 0 Å². The van der Waals surface area contributed by atoms with E-state index in [0.29, 0.717) is 0 Å². The van der Waals surface area contributed by atoms with Crippen molar-refractivity contribution in [3.63, 3.8) is 0 Å². The van der Waals surface area contributed by atoms with E-state index in [1.807, 2.05) is 0 Å². The van der Waals surface area contributed by atoms with Crippen molar-refractivity contribution in [3.8, 4) is 0 Å². The summed E-state index contributed by atoms with van der Waals surface area (Å²) in [6, 6.07) is 0. The average molecular weight is 138 g/mol. The van der Waals surface area contributed by atoms with Crippen molar-refractivity contribution in [3.05, 3.63) is 0 Å². The Hall–Kier alpha value is 0.470. The van der Waals surface area contributed by atoms with E-state index in [9.17, 15) is 4.79 Å². The molecule has 1 N–H and O–H groups in total. The van der Waals surface area contributed by atoms with Gasteiger partial charge in [0.05, 0.1) is 0 Å².